The van der Waals surface area contributed by atoms with Gasteiger partial charge in [-0.3, -0.25) is 5.32 Å². The summed E-state index contributed by atoms with van der Waals surface area (Å²) in [6.45, 7) is 7.22. The predicted octanol–water partition coefficient (Wildman–Crippen LogP) is 3.98. The number of carbonyl (C=O) groups is 1. The van der Waals surface area contributed by atoms with Crippen molar-refractivity contribution in [2.24, 2.45) is 0 Å². The van der Waals surface area contributed by atoms with E-state index in [4.69, 9.17) is 10.00 Å². The van der Waals surface area contributed by atoms with Gasteiger partial charge in [0.2, 0.25) is 0 Å². The Morgan fingerprint density at radius 2 is 2.06 bits per heavy atom. The summed E-state index contributed by atoms with van der Waals surface area (Å²) < 4.78 is 5.93. The van der Waals surface area contributed by atoms with E-state index in [1.54, 1.807) is 32.9 Å². The van der Waals surface area contributed by atoms with E-state index in [1.807, 2.05) is 13.0 Å². The molecule has 1 aromatic carbocycles. The Kier molecular flexibility index (Phi) is 4.36. The molecule has 0 spiro atoms. The van der Waals surface area contributed by atoms with Gasteiger partial charge in [0.15, 0.2) is 0 Å². The molecule has 1 rings (SSSR count). The fraction of sp³-hybridized carbons (Fsp3) is 0.385. The van der Waals surface area contributed by atoms with Crippen molar-refractivity contribution in [1.29, 1.82) is 5.26 Å². The lowest BCUT2D eigenvalue weighted by Gasteiger charge is -2.20. The van der Waals surface area contributed by atoms with Crippen molar-refractivity contribution in [3.63, 3.8) is 0 Å². The third-order valence-electron chi connectivity index (χ3n) is 2.11. The van der Waals surface area contributed by atoms with E-state index >= 15 is 0 Å². The highest BCUT2D eigenvalue weighted by molar-refractivity contribution is 9.10. The maximum Gasteiger partial charge on any atom is 0.412 e. The molecule has 18 heavy (non-hydrogen) atoms. The second kappa shape index (κ2) is 5.40. The molecule has 0 saturated heterocycles. The minimum atomic E-state index is -0.554. The first-order chi connectivity index (χ1) is 8.23. The Balaban J connectivity index is 2.95. The molecule has 0 aromatic heterocycles. The van der Waals surface area contributed by atoms with E-state index in [-0.39, 0.29) is 0 Å². The predicted molar refractivity (Wildman–Crippen MR) is 73.5 cm³/mol. The van der Waals surface area contributed by atoms with Gasteiger partial charge in [-0.2, -0.15) is 5.26 Å². The summed E-state index contributed by atoms with van der Waals surface area (Å²) in [6.07, 6.45) is -0.535. The summed E-state index contributed by atoms with van der Waals surface area (Å²) in [5.74, 6) is 0. The van der Waals surface area contributed by atoms with Gasteiger partial charge in [-0.25, -0.2) is 4.79 Å². The van der Waals surface area contributed by atoms with Crippen molar-refractivity contribution in [1.82, 2.24) is 0 Å². The van der Waals surface area contributed by atoms with Crippen LogP contribution in [-0.4, -0.2) is 11.7 Å². The summed E-state index contributed by atoms with van der Waals surface area (Å²) in [7, 11) is 0. The highest BCUT2D eigenvalue weighted by Gasteiger charge is 2.17. The SMILES string of the molecule is Cc1c(Br)cc(C#N)cc1NC(=O)OC(C)(C)C. The largest absolute Gasteiger partial charge is 0.444 e. The highest BCUT2D eigenvalue weighted by Crippen LogP contribution is 2.26. The van der Waals surface area contributed by atoms with Crippen LogP contribution in [0.2, 0.25) is 0 Å². The number of benzene rings is 1. The molecule has 0 radical (unpaired) electrons. The molecule has 0 heterocycles. The van der Waals surface area contributed by atoms with E-state index in [9.17, 15) is 4.79 Å². The highest BCUT2D eigenvalue weighted by atomic mass is 79.9. The molecular weight excluding hydrogens is 296 g/mol. The fourth-order valence-corrected chi connectivity index (χ4v) is 1.75. The molecule has 4 nitrogen and oxygen atoms in total. The quantitative estimate of drug-likeness (QED) is 0.853. The third-order valence-corrected chi connectivity index (χ3v) is 2.93. The zero-order valence-electron chi connectivity index (χ0n) is 10.8. The monoisotopic (exact) mass is 310 g/mol. The summed E-state index contributed by atoms with van der Waals surface area (Å²) >= 11 is 3.35. The van der Waals surface area contributed by atoms with E-state index in [0.717, 1.165) is 10.0 Å². The van der Waals surface area contributed by atoms with Crippen molar-refractivity contribution in [3.8, 4) is 6.07 Å². The van der Waals surface area contributed by atoms with Crippen LogP contribution in [0, 0.1) is 18.3 Å². The third kappa shape index (κ3) is 4.04. The second-order valence-electron chi connectivity index (χ2n) is 4.87. The number of amides is 1. The van der Waals surface area contributed by atoms with Crippen LogP contribution >= 0.6 is 15.9 Å². The molecule has 1 amide bonds. The zero-order chi connectivity index (χ0) is 13.9. The molecule has 5 heteroatoms. The number of nitriles is 1. The van der Waals surface area contributed by atoms with Crippen LogP contribution < -0.4 is 5.32 Å². The number of anilines is 1. The lowest BCUT2D eigenvalue weighted by molar-refractivity contribution is 0.0636. The second-order valence-corrected chi connectivity index (χ2v) is 5.72. The van der Waals surface area contributed by atoms with Crippen molar-refractivity contribution < 1.29 is 9.53 Å². The standard InChI is InChI=1S/C13H15BrN2O2/c1-8-10(14)5-9(7-15)6-11(8)16-12(17)18-13(2,3)4/h5-6H,1-4H3,(H,16,17). The average Bonchev–Trinajstić information content (AvgIpc) is 2.21. The van der Waals surface area contributed by atoms with E-state index in [2.05, 4.69) is 21.2 Å². The van der Waals surface area contributed by atoms with Gasteiger partial charge in [-0.05, 0) is 45.4 Å². The normalized spacial score (nSPS) is 10.7. The number of rotatable bonds is 1. The molecule has 0 atom stereocenters. The van der Waals surface area contributed by atoms with Gasteiger partial charge in [-0.1, -0.05) is 15.9 Å². The van der Waals surface area contributed by atoms with Crippen molar-refractivity contribution in [2.75, 3.05) is 5.32 Å². The first-order valence-electron chi connectivity index (χ1n) is 5.43. The molecule has 96 valence electrons. The van der Waals surface area contributed by atoms with Crippen LogP contribution in [0.3, 0.4) is 0 Å². The molecule has 0 unspecified atom stereocenters. The molecule has 1 aromatic rings. The van der Waals surface area contributed by atoms with Gasteiger partial charge in [-0.15, -0.1) is 0 Å². The molecule has 0 saturated carbocycles. The Bertz CT molecular complexity index is 513. The van der Waals surface area contributed by atoms with Crippen LogP contribution in [0.4, 0.5) is 10.5 Å². The van der Waals surface area contributed by atoms with Gasteiger partial charge < -0.3 is 4.74 Å². The first kappa shape index (κ1) is 14.5. The van der Waals surface area contributed by atoms with Crippen LogP contribution in [0.25, 0.3) is 0 Å². The lowest BCUT2D eigenvalue weighted by atomic mass is 10.1. The minimum absolute atomic E-state index is 0.471. The molecule has 0 aliphatic rings. The Labute approximate surface area is 115 Å². The number of carbonyl (C=O) groups excluding carboxylic acids is 1. The Morgan fingerprint density at radius 3 is 2.56 bits per heavy atom. The van der Waals surface area contributed by atoms with Crippen LogP contribution in [0.1, 0.15) is 31.9 Å². The number of nitrogens with zero attached hydrogens (tertiary/aromatic N) is 1. The summed E-state index contributed by atoms with van der Waals surface area (Å²) in [5, 5.41) is 11.5. The van der Waals surface area contributed by atoms with E-state index in [0.29, 0.717) is 11.3 Å². The average molecular weight is 311 g/mol. The van der Waals surface area contributed by atoms with E-state index < -0.39 is 11.7 Å². The first-order valence-corrected chi connectivity index (χ1v) is 6.22. The van der Waals surface area contributed by atoms with E-state index in [1.165, 1.54) is 0 Å². The molecule has 0 fully saturated rings. The number of ether oxygens (including phenoxy) is 1. The fourth-order valence-electron chi connectivity index (χ4n) is 1.29. The summed E-state index contributed by atoms with van der Waals surface area (Å²) in [4.78, 5) is 11.7. The summed E-state index contributed by atoms with van der Waals surface area (Å²) in [6, 6.07) is 5.35. The van der Waals surface area contributed by atoms with Gasteiger partial charge in [0, 0.05) is 10.2 Å². The molecule has 0 aliphatic carbocycles. The molecule has 0 aliphatic heterocycles. The maximum atomic E-state index is 11.7. The number of nitrogens with one attached hydrogen (secondary N) is 1. The number of halogens is 1. The van der Waals surface area contributed by atoms with Crippen LogP contribution in [0.5, 0.6) is 0 Å². The molecule has 0 bridgehead atoms. The summed E-state index contributed by atoms with van der Waals surface area (Å²) in [5.41, 5.74) is 1.33. The molecular formula is C13H15BrN2O2. The Hall–Kier alpha value is -1.54. The van der Waals surface area contributed by atoms with Gasteiger partial charge in [0.1, 0.15) is 5.60 Å². The van der Waals surface area contributed by atoms with Gasteiger partial charge in [0.05, 0.1) is 11.6 Å². The lowest BCUT2D eigenvalue weighted by Crippen LogP contribution is -2.27. The van der Waals surface area contributed by atoms with Crippen LogP contribution in [0.15, 0.2) is 16.6 Å². The molecule has 1 N–H and O–H groups in total. The number of hydrogen-bond donors (Lipinski definition) is 1. The minimum Gasteiger partial charge on any atom is -0.444 e. The maximum absolute atomic E-state index is 11.7. The van der Waals surface area contributed by atoms with Crippen molar-refractivity contribution in [2.45, 2.75) is 33.3 Å². The van der Waals surface area contributed by atoms with Crippen LogP contribution in [-0.2, 0) is 4.74 Å². The Morgan fingerprint density at radius 1 is 1.44 bits per heavy atom. The topological polar surface area (TPSA) is 62.1 Å². The van der Waals surface area contributed by atoms with Gasteiger partial charge in [0.25, 0.3) is 0 Å². The van der Waals surface area contributed by atoms with Gasteiger partial charge >= 0.3 is 6.09 Å². The zero-order valence-corrected chi connectivity index (χ0v) is 12.4. The number of hydrogen-bond acceptors (Lipinski definition) is 3. The van der Waals surface area contributed by atoms with Crippen molar-refractivity contribution in [3.05, 3.63) is 27.7 Å². The smallest absolute Gasteiger partial charge is 0.412 e. The van der Waals surface area contributed by atoms with Crippen molar-refractivity contribution >= 4 is 27.7 Å².